The molecule has 0 fully saturated rings. The van der Waals surface area contributed by atoms with Crippen LogP contribution < -0.4 is 10.2 Å². The zero-order valence-electron chi connectivity index (χ0n) is 15.9. The number of nitrogens with one attached hydrogen (secondary N) is 1. The minimum absolute atomic E-state index is 0.0815. The summed E-state index contributed by atoms with van der Waals surface area (Å²) in [5.41, 5.74) is 6.30. The molecule has 148 valence electrons. The van der Waals surface area contributed by atoms with Gasteiger partial charge in [0.1, 0.15) is 30.2 Å². The van der Waals surface area contributed by atoms with Crippen molar-refractivity contribution in [2.24, 2.45) is 5.10 Å². The first-order valence-corrected chi connectivity index (χ1v) is 8.80. The summed E-state index contributed by atoms with van der Waals surface area (Å²) in [6.45, 7) is 4.23. The molecule has 8 heteroatoms. The first-order valence-electron chi connectivity index (χ1n) is 8.80. The van der Waals surface area contributed by atoms with E-state index in [-0.39, 0.29) is 11.5 Å². The number of aromatic nitrogens is 1. The molecule has 1 N–H and O–H groups in total. The summed E-state index contributed by atoms with van der Waals surface area (Å²) in [4.78, 5) is 14.1. The van der Waals surface area contributed by atoms with E-state index < -0.39 is 4.92 Å². The Balaban J connectivity index is 1.64. The van der Waals surface area contributed by atoms with E-state index in [1.165, 1.54) is 30.5 Å². The van der Waals surface area contributed by atoms with Gasteiger partial charge in [0, 0.05) is 6.07 Å². The Morgan fingerprint density at radius 1 is 1.17 bits per heavy atom. The number of pyridine rings is 1. The van der Waals surface area contributed by atoms with Crippen LogP contribution in [-0.4, -0.2) is 16.1 Å². The average Bonchev–Trinajstić information content (AvgIpc) is 2.69. The molecule has 0 saturated carbocycles. The highest BCUT2D eigenvalue weighted by Crippen LogP contribution is 2.25. The van der Waals surface area contributed by atoms with E-state index in [1.807, 2.05) is 26.0 Å². The van der Waals surface area contributed by atoms with Crippen molar-refractivity contribution in [3.8, 4) is 5.75 Å². The first kappa shape index (κ1) is 19.9. The van der Waals surface area contributed by atoms with Crippen LogP contribution in [0.4, 0.5) is 15.9 Å². The number of halogens is 1. The third kappa shape index (κ3) is 5.35. The van der Waals surface area contributed by atoms with Crippen molar-refractivity contribution in [1.82, 2.24) is 4.98 Å². The predicted octanol–water partition coefficient (Wildman–Crippen LogP) is 4.77. The van der Waals surface area contributed by atoms with E-state index in [1.54, 1.807) is 18.3 Å². The number of hydrazone groups is 1. The number of rotatable bonds is 7. The molecule has 0 radical (unpaired) electrons. The zero-order chi connectivity index (χ0) is 20.8. The van der Waals surface area contributed by atoms with Crippen LogP contribution in [0.2, 0.25) is 0 Å². The fourth-order valence-corrected chi connectivity index (χ4v) is 2.76. The topological polar surface area (TPSA) is 89.7 Å². The van der Waals surface area contributed by atoms with E-state index in [0.717, 1.165) is 28.0 Å². The maximum atomic E-state index is 13.0. The summed E-state index contributed by atoms with van der Waals surface area (Å²) in [5, 5.41) is 14.7. The lowest BCUT2D eigenvalue weighted by molar-refractivity contribution is -0.385. The van der Waals surface area contributed by atoms with Gasteiger partial charge in [0.2, 0.25) is 0 Å². The van der Waals surface area contributed by atoms with Gasteiger partial charge in [-0.25, -0.2) is 9.37 Å². The second-order valence-electron chi connectivity index (χ2n) is 6.43. The molecule has 1 heterocycles. The second kappa shape index (κ2) is 8.92. The van der Waals surface area contributed by atoms with Crippen LogP contribution in [0.15, 0.2) is 59.8 Å². The van der Waals surface area contributed by atoms with Gasteiger partial charge < -0.3 is 4.74 Å². The molecular formula is C21H19FN4O3. The fraction of sp³-hybridized carbons (Fsp3) is 0.143. The van der Waals surface area contributed by atoms with Gasteiger partial charge in [0.25, 0.3) is 5.69 Å². The molecule has 0 spiro atoms. The summed E-state index contributed by atoms with van der Waals surface area (Å²) < 4.78 is 18.9. The quantitative estimate of drug-likeness (QED) is 0.354. The van der Waals surface area contributed by atoms with E-state index in [9.17, 15) is 14.5 Å². The van der Waals surface area contributed by atoms with Gasteiger partial charge in [-0.05, 0) is 66.4 Å². The standard InChI is InChI=1S/C21H19FN4O3/c1-14-9-17(11-24-25-20-8-7-19(12-23-20)26(27)28)10-15(2)21(14)29-13-16-3-5-18(22)6-4-16/h3-12H,13H2,1-2H3,(H,23,25)/b24-11+. The highest BCUT2D eigenvalue weighted by atomic mass is 19.1. The third-order valence-electron chi connectivity index (χ3n) is 4.13. The van der Waals surface area contributed by atoms with Gasteiger partial charge >= 0.3 is 0 Å². The maximum absolute atomic E-state index is 13.0. The Morgan fingerprint density at radius 2 is 1.86 bits per heavy atom. The molecule has 0 atom stereocenters. The number of benzene rings is 2. The van der Waals surface area contributed by atoms with Gasteiger partial charge in [-0.1, -0.05) is 12.1 Å². The average molecular weight is 394 g/mol. The van der Waals surface area contributed by atoms with Crippen LogP contribution in [0.1, 0.15) is 22.3 Å². The van der Waals surface area contributed by atoms with Gasteiger partial charge in [-0.3, -0.25) is 15.5 Å². The monoisotopic (exact) mass is 394 g/mol. The molecule has 0 amide bonds. The second-order valence-corrected chi connectivity index (χ2v) is 6.43. The lowest BCUT2D eigenvalue weighted by Gasteiger charge is -2.13. The largest absolute Gasteiger partial charge is 0.488 e. The van der Waals surface area contributed by atoms with Crippen molar-refractivity contribution in [3.63, 3.8) is 0 Å². The molecule has 0 aliphatic carbocycles. The smallest absolute Gasteiger partial charge is 0.287 e. The van der Waals surface area contributed by atoms with Crippen molar-refractivity contribution in [1.29, 1.82) is 0 Å². The van der Waals surface area contributed by atoms with Gasteiger partial charge in [-0.15, -0.1) is 0 Å². The van der Waals surface area contributed by atoms with Crippen LogP contribution in [0.25, 0.3) is 0 Å². The third-order valence-corrected chi connectivity index (χ3v) is 4.13. The highest BCUT2D eigenvalue weighted by Gasteiger charge is 2.07. The number of anilines is 1. The van der Waals surface area contributed by atoms with Crippen LogP contribution in [0, 0.1) is 29.8 Å². The highest BCUT2D eigenvalue weighted by molar-refractivity contribution is 5.81. The Labute approximate surface area is 167 Å². The van der Waals surface area contributed by atoms with Crippen LogP contribution in [0.3, 0.4) is 0 Å². The Bertz CT molecular complexity index is 1010. The van der Waals surface area contributed by atoms with Crippen LogP contribution in [-0.2, 0) is 6.61 Å². The molecule has 0 aliphatic heterocycles. The summed E-state index contributed by atoms with van der Waals surface area (Å²) in [7, 11) is 0. The summed E-state index contributed by atoms with van der Waals surface area (Å²) in [6.07, 6.45) is 2.80. The number of hydrogen-bond donors (Lipinski definition) is 1. The van der Waals surface area contributed by atoms with E-state index >= 15 is 0 Å². The molecule has 0 aliphatic rings. The molecule has 0 bridgehead atoms. The normalized spacial score (nSPS) is 10.9. The van der Waals surface area contributed by atoms with Crippen LogP contribution in [0.5, 0.6) is 5.75 Å². The summed E-state index contributed by atoms with van der Waals surface area (Å²) in [5.74, 6) is 0.901. The fourth-order valence-electron chi connectivity index (χ4n) is 2.76. The van der Waals surface area contributed by atoms with E-state index in [0.29, 0.717) is 12.4 Å². The summed E-state index contributed by atoms with van der Waals surface area (Å²) in [6, 6.07) is 12.9. The van der Waals surface area contributed by atoms with Gasteiger partial charge in [-0.2, -0.15) is 5.10 Å². The molecule has 29 heavy (non-hydrogen) atoms. The molecule has 2 aromatic carbocycles. The Hall–Kier alpha value is -3.81. The maximum Gasteiger partial charge on any atom is 0.287 e. The van der Waals surface area contributed by atoms with E-state index in [4.69, 9.17) is 4.74 Å². The minimum Gasteiger partial charge on any atom is -0.488 e. The molecule has 1 aromatic heterocycles. The zero-order valence-corrected chi connectivity index (χ0v) is 15.9. The molecule has 7 nitrogen and oxygen atoms in total. The van der Waals surface area contributed by atoms with Gasteiger partial charge in [0.05, 0.1) is 11.1 Å². The lowest BCUT2D eigenvalue weighted by Crippen LogP contribution is -2.00. The van der Waals surface area contributed by atoms with Gasteiger partial charge in [0.15, 0.2) is 0 Å². The van der Waals surface area contributed by atoms with Crippen molar-refractivity contribution < 1.29 is 14.1 Å². The summed E-state index contributed by atoms with van der Waals surface area (Å²) >= 11 is 0. The molecule has 3 rings (SSSR count). The first-order chi connectivity index (χ1) is 13.9. The number of aryl methyl sites for hydroxylation is 2. The van der Waals surface area contributed by atoms with Crippen molar-refractivity contribution in [2.75, 3.05) is 5.43 Å². The van der Waals surface area contributed by atoms with Crippen molar-refractivity contribution >= 4 is 17.7 Å². The van der Waals surface area contributed by atoms with E-state index in [2.05, 4.69) is 15.5 Å². The van der Waals surface area contributed by atoms with Crippen molar-refractivity contribution in [3.05, 3.63) is 92.9 Å². The molecule has 0 saturated heterocycles. The lowest BCUT2D eigenvalue weighted by atomic mass is 10.1. The number of nitro groups is 1. The predicted molar refractivity (Wildman–Crippen MR) is 109 cm³/mol. The Kier molecular flexibility index (Phi) is 6.13. The Morgan fingerprint density at radius 3 is 2.45 bits per heavy atom. The van der Waals surface area contributed by atoms with Crippen LogP contribution >= 0.6 is 0 Å². The molecular weight excluding hydrogens is 375 g/mol. The number of hydrogen-bond acceptors (Lipinski definition) is 6. The van der Waals surface area contributed by atoms with Crippen molar-refractivity contribution in [2.45, 2.75) is 20.5 Å². The molecule has 0 unspecified atom stereocenters. The number of ether oxygens (including phenoxy) is 1. The number of nitrogens with zero attached hydrogens (tertiary/aromatic N) is 3. The SMILES string of the molecule is Cc1cc(/C=N/Nc2ccc([N+](=O)[O-])cn2)cc(C)c1OCc1ccc(F)cc1. The molecule has 3 aromatic rings. The minimum atomic E-state index is -0.509.